The molecule has 1 amide bonds. The summed E-state index contributed by atoms with van der Waals surface area (Å²) in [5.74, 6) is 0.708. The Morgan fingerprint density at radius 3 is 2.64 bits per heavy atom. The number of likely N-dealkylation sites (tertiary alicyclic amines) is 1. The molecule has 0 aliphatic carbocycles. The molecule has 0 radical (unpaired) electrons. The summed E-state index contributed by atoms with van der Waals surface area (Å²) in [5.41, 5.74) is 7.78. The molecule has 6 heteroatoms. The highest BCUT2D eigenvalue weighted by molar-refractivity contribution is 8.93. The van der Waals surface area contributed by atoms with Crippen molar-refractivity contribution in [2.24, 2.45) is 5.92 Å². The molecule has 0 saturated carbocycles. The van der Waals surface area contributed by atoms with E-state index in [0.717, 1.165) is 41.5 Å². The van der Waals surface area contributed by atoms with Gasteiger partial charge in [-0.3, -0.25) is 9.69 Å². The zero-order valence-electron chi connectivity index (χ0n) is 18.7. The van der Waals surface area contributed by atoms with Crippen molar-refractivity contribution in [3.05, 3.63) is 83.4 Å². The topological polar surface area (TPSA) is 45.2 Å². The molecule has 170 valence electrons. The predicted molar refractivity (Wildman–Crippen MR) is 143 cm³/mol. The van der Waals surface area contributed by atoms with Gasteiger partial charge in [-0.05, 0) is 78.9 Å². The predicted octanol–water partition coefficient (Wildman–Crippen LogP) is 7.03. The van der Waals surface area contributed by atoms with Crippen molar-refractivity contribution < 1.29 is 4.79 Å². The molecule has 3 aromatic carbocycles. The Morgan fingerprint density at radius 1 is 1.06 bits per heavy atom. The SMILES string of the molecule is Br.CC1CCN(Cc2cc(C(=O)Nc3ccc4scnc4c3)ccc2-c2ccccc2)CC1. The Hall–Kier alpha value is -2.54. The summed E-state index contributed by atoms with van der Waals surface area (Å²) < 4.78 is 1.12. The molecule has 1 aliphatic heterocycles. The lowest BCUT2D eigenvalue weighted by atomic mass is 9.95. The number of nitrogens with one attached hydrogen (secondary N) is 1. The van der Waals surface area contributed by atoms with Crippen LogP contribution in [0.4, 0.5) is 5.69 Å². The fourth-order valence-electron chi connectivity index (χ4n) is 4.37. The van der Waals surface area contributed by atoms with E-state index in [1.807, 2.05) is 35.8 Å². The molecule has 1 fully saturated rings. The molecule has 4 nitrogen and oxygen atoms in total. The van der Waals surface area contributed by atoms with Crippen LogP contribution >= 0.6 is 28.3 Å². The zero-order chi connectivity index (χ0) is 21.9. The number of benzene rings is 3. The van der Waals surface area contributed by atoms with Gasteiger partial charge in [-0.25, -0.2) is 4.98 Å². The second kappa shape index (κ2) is 10.6. The smallest absolute Gasteiger partial charge is 0.255 e. The average molecular weight is 523 g/mol. The number of amides is 1. The normalized spacial score (nSPS) is 14.7. The third kappa shape index (κ3) is 5.52. The van der Waals surface area contributed by atoms with Crippen LogP contribution in [-0.2, 0) is 6.54 Å². The van der Waals surface area contributed by atoms with E-state index < -0.39 is 0 Å². The van der Waals surface area contributed by atoms with Crippen LogP contribution in [0.15, 0.2) is 72.2 Å². The number of nitrogens with zero attached hydrogens (tertiary/aromatic N) is 2. The zero-order valence-corrected chi connectivity index (χ0v) is 21.2. The maximum absolute atomic E-state index is 13.1. The Kier molecular flexibility index (Phi) is 7.58. The molecule has 1 aliphatic rings. The molecule has 0 unspecified atom stereocenters. The highest BCUT2D eigenvalue weighted by Gasteiger charge is 2.18. The van der Waals surface area contributed by atoms with Crippen molar-refractivity contribution in [3.8, 4) is 11.1 Å². The Labute approximate surface area is 209 Å². The molecule has 4 aromatic rings. The first-order valence-corrected chi connectivity index (χ1v) is 12.1. The Bertz CT molecular complexity index is 1230. The molecule has 1 saturated heterocycles. The van der Waals surface area contributed by atoms with Gasteiger partial charge in [0.2, 0.25) is 0 Å². The minimum atomic E-state index is -0.0901. The van der Waals surface area contributed by atoms with Gasteiger partial charge in [-0.15, -0.1) is 28.3 Å². The second-order valence-corrected chi connectivity index (χ2v) is 9.57. The van der Waals surface area contributed by atoms with Crippen LogP contribution in [0.25, 0.3) is 21.3 Å². The van der Waals surface area contributed by atoms with E-state index in [0.29, 0.717) is 5.56 Å². The number of carbonyl (C=O) groups excluding carboxylic acids is 1. The van der Waals surface area contributed by atoms with Crippen molar-refractivity contribution in [2.75, 3.05) is 18.4 Å². The number of anilines is 1. The molecule has 0 bridgehead atoms. The first kappa shape index (κ1) is 23.6. The first-order valence-electron chi connectivity index (χ1n) is 11.2. The number of carbonyl (C=O) groups is 1. The molecule has 2 heterocycles. The molecule has 1 aromatic heterocycles. The molecule has 1 N–H and O–H groups in total. The van der Waals surface area contributed by atoms with Crippen molar-refractivity contribution in [2.45, 2.75) is 26.3 Å². The number of hydrogen-bond acceptors (Lipinski definition) is 4. The van der Waals surface area contributed by atoms with Gasteiger partial charge in [-0.1, -0.05) is 43.3 Å². The van der Waals surface area contributed by atoms with Crippen LogP contribution in [0.1, 0.15) is 35.7 Å². The first-order chi connectivity index (χ1) is 15.7. The molecule has 5 rings (SSSR count). The van der Waals surface area contributed by atoms with Gasteiger partial charge in [0.1, 0.15) is 0 Å². The second-order valence-electron chi connectivity index (χ2n) is 8.69. The van der Waals surface area contributed by atoms with Gasteiger partial charge in [0.25, 0.3) is 5.91 Å². The lowest BCUT2D eigenvalue weighted by Crippen LogP contribution is -2.32. The van der Waals surface area contributed by atoms with Crippen molar-refractivity contribution >= 4 is 50.1 Å². The van der Waals surface area contributed by atoms with Gasteiger partial charge < -0.3 is 5.32 Å². The third-order valence-corrected chi connectivity index (χ3v) is 7.12. The Morgan fingerprint density at radius 2 is 1.85 bits per heavy atom. The van der Waals surface area contributed by atoms with E-state index in [2.05, 4.69) is 58.5 Å². The van der Waals surface area contributed by atoms with E-state index in [4.69, 9.17) is 0 Å². The number of rotatable bonds is 5. The summed E-state index contributed by atoms with van der Waals surface area (Å²) in [4.78, 5) is 19.9. The molecule has 0 atom stereocenters. The largest absolute Gasteiger partial charge is 0.322 e. The standard InChI is InChI=1S/C27H27N3OS.BrH/c1-19-11-13-30(14-12-19)17-22-15-21(7-9-24(22)20-5-3-2-4-6-20)27(31)29-23-8-10-26-25(16-23)28-18-32-26;/h2-10,15-16,18-19H,11-14,17H2,1H3,(H,29,31);1H. The summed E-state index contributed by atoms with van der Waals surface area (Å²) in [6.45, 7) is 5.42. The van der Waals surface area contributed by atoms with E-state index in [1.54, 1.807) is 11.3 Å². The fourth-order valence-corrected chi connectivity index (χ4v) is 5.02. The highest BCUT2D eigenvalue weighted by atomic mass is 79.9. The summed E-state index contributed by atoms with van der Waals surface area (Å²) in [6, 6.07) is 22.4. The lowest BCUT2D eigenvalue weighted by molar-refractivity contribution is 0.102. The summed E-state index contributed by atoms with van der Waals surface area (Å²) >= 11 is 1.60. The van der Waals surface area contributed by atoms with Crippen LogP contribution in [0.2, 0.25) is 0 Å². The monoisotopic (exact) mass is 521 g/mol. The lowest BCUT2D eigenvalue weighted by Gasteiger charge is -2.31. The number of fused-ring (bicyclic) bond motifs is 1. The minimum absolute atomic E-state index is 0. The summed E-state index contributed by atoms with van der Waals surface area (Å²) in [5, 5.41) is 3.05. The van der Waals surface area contributed by atoms with E-state index in [-0.39, 0.29) is 22.9 Å². The quantitative estimate of drug-likeness (QED) is 0.306. The maximum atomic E-state index is 13.1. The fraction of sp³-hybridized carbons (Fsp3) is 0.259. The van der Waals surface area contributed by atoms with E-state index >= 15 is 0 Å². The van der Waals surface area contributed by atoms with Crippen LogP contribution in [0.3, 0.4) is 0 Å². The number of hydrogen-bond donors (Lipinski definition) is 1. The molecular formula is C27H28BrN3OS. The van der Waals surface area contributed by atoms with Crippen LogP contribution < -0.4 is 5.32 Å². The average Bonchev–Trinajstić information content (AvgIpc) is 3.29. The van der Waals surface area contributed by atoms with Crippen LogP contribution in [0, 0.1) is 5.92 Å². The van der Waals surface area contributed by atoms with Gasteiger partial charge in [-0.2, -0.15) is 0 Å². The van der Waals surface area contributed by atoms with Gasteiger partial charge >= 0.3 is 0 Å². The number of halogens is 1. The van der Waals surface area contributed by atoms with Crippen molar-refractivity contribution in [3.63, 3.8) is 0 Å². The van der Waals surface area contributed by atoms with Gasteiger partial charge in [0.05, 0.1) is 15.7 Å². The highest BCUT2D eigenvalue weighted by Crippen LogP contribution is 2.28. The molecule has 33 heavy (non-hydrogen) atoms. The van der Waals surface area contributed by atoms with Gasteiger partial charge in [0.15, 0.2) is 0 Å². The van der Waals surface area contributed by atoms with Crippen molar-refractivity contribution in [1.29, 1.82) is 0 Å². The van der Waals surface area contributed by atoms with E-state index in [1.165, 1.54) is 29.5 Å². The number of thiazole rings is 1. The third-order valence-electron chi connectivity index (χ3n) is 6.31. The Balaban J connectivity index is 0.00000259. The summed E-state index contributed by atoms with van der Waals surface area (Å²) in [7, 11) is 0. The van der Waals surface area contributed by atoms with Gasteiger partial charge in [0, 0.05) is 17.8 Å². The van der Waals surface area contributed by atoms with E-state index in [9.17, 15) is 4.79 Å². The van der Waals surface area contributed by atoms with Crippen LogP contribution in [0.5, 0.6) is 0 Å². The number of aromatic nitrogens is 1. The van der Waals surface area contributed by atoms with Crippen molar-refractivity contribution in [1.82, 2.24) is 9.88 Å². The minimum Gasteiger partial charge on any atom is -0.322 e. The molecular weight excluding hydrogens is 494 g/mol. The molecule has 0 spiro atoms. The maximum Gasteiger partial charge on any atom is 0.255 e. The number of piperidine rings is 1. The van der Waals surface area contributed by atoms with Crippen LogP contribution in [-0.4, -0.2) is 28.9 Å². The summed E-state index contributed by atoms with van der Waals surface area (Å²) in [6.07, 6.45) is 2.47.